The molecule has 1 aromatic carbocycles. The topological polar surface area (TPSA) is 32.3 Å². The average molecular weight is 346 g/mol. The number of nitrogens with one attached hydrogen (secondary N) is 1. The molecule has 1 saturated heterocycles. The second-order valence-corrected chi connectivity index (χ2v) is 5.97. The summed E-state index contributed by atoms with van der Waals surface area (Å²) in [6, 6.07) is 5.66. The summed E-state index contributed by atoms with van der Waals surface area (Å²) in [5, 5.41) is 3.92. The van der Waals surface area contributed by atoms with Gasteiger partial charge in [0.15, 0.2) is 0 Å². The quantitative estimate of drug-likeness (QED) is 0.910. The largest absolute Gasteiger partial charge is 0.317 e. The van der Waals surface area contributed by atoms with Gasteiger partial charge in [-0.15, -0.1) is 0 Å². The first-order valence-corrected chi connectivity index (χ1v) is 7.77. The van der Waals surface area contributed by atoms with E-state index in [1.54, 1.807) is 0 Å². The van der Waals surface area contributed by atoms with Crippen molar-refractivity contribution in [2.24, 2.45) is 5.92 Å². The Morgan fingerprint density at radius 2 is 2.16 bits per heavy atom. The van der Waals surface area contributed by atoms with Gasteiger partial charge < -0.3 is 10.2 Å². The van der Waals surface area contributed by atoms with Crippen molar-refractivity contribution in [1.82, 2.24) is 5.32 Å². The third kappa shape index (κ3) is 3.50. The standard InChI is InChI=1S/C14H18BrClN2O/c1-2-18(11-3-4-12(15)13(16)9-11)14(19)10-5-7-17-8-6-10/h3-4,9-10,17H,2,5-8H2,1H3. The summed E-state index contributed by atoms with van der Waals surface area (Å²) >= 11 is 9.48. The maximum atomic E-state index is 12.6. The van der Waals surface area contributed by atoms with Crippen LogP contribution in [0.25, 0.3) is 0 Å². The van der Waals surface area contributed by atoms with Crippen molar-refractivity contribution < 1.29 is 4.79 Å². The summed E-state index contributed by atoms with van der Waals surface area (Å²) in [5.41, 5.74) is 0.874. The monoisotopic (exact) mass is 344 g/mol. The third-order valence-electron chi connectivity index (χ3n) is 3.49. The first-order valence-electron chi connectivity index (χ1n) is 6.60. The number of nitrogens with zero attached hydrogens (tertiary/aromatic N) is 1. The van der Waals surface area contributed by atoms with Crippen molar-refractivity contribution in [3.8, 4) is 0 Å². The Hall–Kier alpha value is -0.580. The lowest BCUT2D eigenvalue weighted by atomic mass is 9.96. The summed E-state index contributed by atoms with van der Waals surface area (Å²) in [6.07, 6.45) is 1.83. The van der Waals surface area contributed by atoms with Crippen LogP contribution >= 0.6 is 27.5 Å². The Bertz CT molecular complexity index is 461. The van der Waals surface area contributed by atoms with Crippen LogP contribution in [0, 0.1) is 5.92 Å². The molecule has 0 spiro atoms. The van der Waals surface area contributed by atoms with Gasteiger partial charge in [0.2, 0.25) is 5.91 Å². The molecule has 1 amide bonds. The number of carbonyl (C=O) groups is 1. The van der Waals surface area contributed by atoms with Gasteiger partial charge in [-0.05, 0) is 67.0 Å². The van der Waals surface area contributed by atoms with E-state index in [2.05, 4.69) is 21.2 Å². The molecule has 3 nitrogen and oxygen atoms in total. The molecule has 1 aliphatic rings. The molecule has 0 atom stereocenters. The normalized spacial score (nSPS) is 16.4. The Kier molecular flexibility index (Phi) is 5.25. The average Bonchev–Trinajstić information content (AvgIpc) is 2.44. The molecule has 1 fully saturated rings. The van der Waals surface area contributed by atoms with Gasteiger partial charge in [0.1, 0.15) is 0 Å². The highest BCUT2D eigenvalue weighted by Crippen LogP contribution is 2.29. The molecular formula is C14H18BrClN2O. The summed E-state index contributed by atoms with van der Waals surface area (Å²) in [4.78, 5) is 14.4. The number of carbonyl (C=O) groups excluding carboxylic acids is 1. The number of rotatable bonds is 3. The highest BCUT2D eigenvalue weighted by molar-refractivity contribution is 9.10. The fourth-order valence-electron chi connectivity index (χ4n) is 2.41. The summed E-state index contributed by atoms with van der Waals surface area (Å²) in [6.45, 7) is 4.51. The number of hydrogen-bond donors (Lipinski definition) is 1. The van der Waals surface area contributed by atoms with E-state index in [1.165, 1.54) is 0 Å². The van der Waals surface area contributed by atoms with Crippen LogP contribution < -0.4 is 10.2 Å². The molecule has 0 aromatic heterocycles. The Morgan fingerprint density at radius 3 is 2.74 bits per heavy atom. The summed E-state index contributed by atoms with van der Waals surface area (Å²) < 4.78 is 0.850. The molecule has 1 N–H and O–H groups in total. The third-order valence-corrected chi connectivity index (χ3v) is 4.72. The van der Waals surface area contributed by atoms with Crippen LogP contribution in [-0.4, -0.2) is 25.5 Å². The van der Waals surface area contributed by atoms with Gasteiger partial charge >= 0.3 is 0 Å². The number of amides is 1. The second kappa shape index (κ2) is 6.73. The fraction of sp³-hybridized carbons (Fsp3) is 0.500. The molecule has 19 heavy (non-hydrogen) atoms. The van der Waals surface area contributed by atoms with E-state index >= 15 is 0 Å². The zero-order valence-electron chi connectivity index (χ0n) is 11.0. The minimum absolute atomic E-state index is 0.128. The zero-order chi connectivity index (χ0) is 13.8. The van der Waals surface area contributed by atoms with Crippen LogP contribution in [0.2, 0.25) is 5.02 Å². The van der Waals surface area contributed by atoms with E-state index in [9.17, 15) is 4.79 Å². The molecular weight excluding hydrogens is 328 g/mol. The van der Waals surface area contributed by atoms with Gasteiger partial charge in [-0.25, -0.2) is 0 Å². The molecule has 5 heteroatoms. The lowest BCUT2D eigenvalue weighted by Gasteiger charge is -2.29. The first kappa shape index (κ1) is 14.8. The van der Waals surface area contributed by atoms with Crippen LogP contribution in [-0.2, 0) is 4.79 Å². The van der Waals surface area contributed by atoms with Crippen LogP contribution in [0.3, 0.4) is 0 Å². The van der Waals surface area contributed by atoms with Gasteiger partial charge in [-0.3, -0.25) is 4.79 Å². The minimum atomic E-state index is 0.128. The second-order valence-electron chi connectivity index (χ2n) is 4.71. The van der Waals surface area contributed by atoms with E-state index in [0.717, 1.165) is 36.1 Å². The van der Waals surface area contributed by atoms with Crippen molar-refractivity contribution in [3.63, 3.8) is 0 Å². The summed E-state index contributed by atoms with van der Waals surface area (Å²) in [5.74, 6) is 0.339. The van der Waals surface area contributed by atoms with Crippen molar-refractivity contribution in [1.29, 1.82) is 0 Å². The Morgan fingerprint density at radius 1 is 1.47 bits per heavy atom. The highest BCUT2D eigenvalue weighted by Gasteiger charge is 2.26. The molecule has 0 bridgehead atoms. The van der Waals surface area contributed by atoms with Crippen LogP contribution in [0.1, 0.15) is 19.8 Å². The molecule has 0 saturated carbocycles. The van der Waals surface area contributed by atoms with E-state index in [1.807, 2.05) is 30.0 Å². The molecule has 1 aromatic rings. The molecule has 2 rings (SSSR count). The molecule has 1 heterocycles. The first-order chi connectivity index (χ1) is 9.13. The van der Waals surface area contributed by atoms with E-state index in [4.69, 9.17) is 11.6 Å². The molecule has 1 aliphatic heterocycles. The van der Waals surface area contributed by atoms with E-state index in [0.29, 0.717) is 11.6 Å². The molecule has 104 valence electrons. The van der Waals surface area contributed by atoms with Crippen molar-refractivity contribution in [2.75, 3.05) is 24.5 Å². The van der Waals surface area contributed by atoms with Crippen LogP contribution in [0.4, 0.5) is 5.69 Å². The van der Waals surface area contributed by atoms with E-state index < -0.39 is 0 Å². The van der Waals surface area contributed by atoms with Gasteiger partial charge in [0.25, 0.3) is 0 Å². The fourth-order valence-corrected chi connectivity index (χ4v) is 2.83. The van der Waals surface area contributed by atoms with Gasteiger partial charge in [-0.1, -0.05) is 11.6 Å². The predicted octanol–water partition coefficient (Wildman–Crippen LogP) is 3.46. The molecule has 0 aliphatic carbocycles. The smallest absolute Gasteiger partial charge is 0.230 e. The molecule has 0 radical (unpaired) electrons. The van der Waals surface area contributed by atoms with Gasteiger partial charge in [0.05, 0.1) is 5.02 Å². The lowest BCUT2D eigenvalue weighted by Crippen LogP contribution is -2.41. The summed E-state index contributed by atoms with van der Waals surface area (Å²) in [7, 11) is 0. The predicted molar refractivity (Wildman–Crippen MR) is 82.8 cm³/mol. The van der Waals surface area contributed by atoms with Gasteiger partial charge in [0, 0.05) is 22.6 Å². The SMILES string of the molecule is CCN(C(=O)C1CCNCC1)c1ccc(Br)c(Cl)c1. The number of anilines is 1. The van der Waals surface area contributed by atoms with Crippen molar-refractivity contribution >= 4 is 39.1 Å². The Balaban J connectivity index is 2.18. The maximum Gasteiger partial charge on any atom is 0.230 e. The molecule has 0 unspecified atom stereocenters. The van der Waals surface area contributed by atoms with Crippen LogP contribution in [0.15, 0.2) is 22.7 Å². The number of hydrogen-bond acceptors (Lipinski definition) is 2. The highest BCUT2D eigenvalue weighted by atomic mass is 79.9. The number of piperidine rings is 1. The van der Waals surface area contributed by atoms with Crippen molar-refractivity contribution in [2.45, 2.75) is 19.8 Å². The number of halogens is 2. The Labute approximate surface area is 127 Å². The number of benzene rings is 1. The van der Waals surface area contributed by atoms with E-state index in [-0.39, 0.29) is 11.8 Å². The minimum Gasteiger partial charge on any atom is -0.317 e. The zero-order valence-corrected chi connectivity index (χ0v) is 13.3. The van der Waals surface area contributed by atoms with Gasteiger partial charge in [-0.2, -0.15) is 0 Å². The lowest BCUT2D eigenvalue weighted by molar-refractivity contribution is -0.123. The maximum absolute atomic E-state index is 12.6. The van der Waals surface area contributed by atoms with Crippen molar-refractivity contribution in [3.05, 3.63) is 27.7 Å². The van der Waals surface area contributed by atoms with Crippen LogP contribution in [0.5, 0.6) is 0 Å².